The molecule has 0 unspecified atom stereocenters. The van der Waals surface area contributed by atoms with Gasteiger partial charge in [0.15, 0.2) is 0 Å². The van der Waals surface area contributed by atoms with E-state index in [0.717, 1.165) is 21.9 Å². The van der Waals surface area contributed by atoms with Gasteiger partial charge in [-0.1, -0.05) is 42.8 Å². The summed E-state index contributed by atoms with van der Waals surface area (Å²) in [6.07, 6.45) is 2.23. The SMILES string of the molecule is CCc1ccccc1NC(=O)CN(Cc1ccco1)S(=O)(=O)c1ccc(C)cc1. The molecule has 0 saturated heterocycles. The van der Waals surface area contributed by atoms with E-state index in [1.54, 1.807) is 36.4 Å². The molecule has 29 heavy (non-hydrogen) atoms. The molecule has 6 nitrogen and oxygen atoms in total. The number of amides is 1. The molecule has 1 aromatic heterocycles. The number of carbonyl (C=O) groups is 1. The Hall–Kier alpha value is -2.90. The quantitative estimate of drug-likeness (QED) is 0.607. The van der Waals surface area contributed by atoms with E-state index < -0.39 is 15.9 Å². The maximum absolute atomic E-state index is 13.2. The minimum absolute atomic E-state index is 0.0357. The standard InChI is InChI=1S/C22H24N2O4S/c1-3-18-7-4-5-9-21(18)23-22(25)16-24(15-19-8-6-14-28-19)29(26,27)20-12-10-17(2)11-13-20/h4-14H,3,15-16H2,1-2H3,(H,23,25). The zero-order valence-corrected chi connectivity index (χ0v) is 17.3. The van der Waals surface area contributed by atoms with E-state index in [9.17, 15) is 13.2 Å². The van der Waals surface area contributed by atoms with Crippen LogP contribution in [-0.2, 0) is 27.8 Å². The third-order valence-corrected chi connectivity index (χ3v) is 6.37. The Morgan fingerprint density at radius 3 is 2.41 bits per heavy atom. The van der Waals surface area contributed by atoms with Crippen LogP contribution in [0.3, 0.4) is 0 Å². The van der Waals surface area contributed by atoms with Gasteiger partial charge in [-0.05, 0) is 49.2 Å². The number of benzene rings is 2. The smallest absolute Gasteiger partial charge is 0.243 e. The molecule has 7 heteroatoms. The third-order valence-electron chi connectivity index (χ3n) is 4.56. The molecular weight excluding hydrogens is 388 g/mol. The van der Waals surface area contributed by atoms with Crippen LogP contribution in [0.1, 0.15) is 23.8 Å². The van der Waals surface area contributed by atoms with Crippen molar-refractivity contribution in [2.24, 2.45) is 0 Å². The number of anilines is 1. The van der Waals surface area contributed by atoms with Crippen LogP contribution in [0.25, 0.3) is 0 Å². The molecule has 0 atom stereocenters. The second-order valence-electron chi connectivity index (χ2n) is 6.72. The molecule has 0 fully saturated rings. The Kier molecular flexibility index (Phi) is 6.51. The highest BCUT2D eigenvalue weighted by Crippen LogP contribution is 2.20. The van der Waals surface area contributed by atoms with Crippen LogP contribution >= 0.6 is 0 Å². The fraction of sp³-hybridized carbons (Fsp3) is 0.227. The van der Waals surface area contributed by atoms with Gasteiger partial charge in [0.2, 0.25) is 15.9 Å². The van der Waals surface area contributed by atoms with Crippen LogP contribution in [0.4, 0.5) is 5.69 Å². The second-order valence-corrected chi connectivity index (χ2v) is 8.66. The van der Waals surface area contributed by atoms with E-state index in [-0.39, 0.29) is 18.0 Å². The number of sulfonamides is 1. The van der Waals surface area contributed by atoms with Gasteiger partial charge in [0.25, 0.3) is 0 Å². The predicted molar refractivity (Wildman–Crippen MR) is 112 cm³/mol. The van der Waals surface area contributed by atoms with Gasteiger partial charge < -0.3 is 9.73 Å². The van der Waals surface area contributed by atoms with Gasteiger partial charge in [0.1, 0.15) is 5.76 Å². The van der Waals surface area contributed by atoms with Crippen molar-refractivity contribution >= 4 is 21.6 Å². The monoisotopic (exact) mass is 412 g/mol. The first-order chi connectivity index (χ1) is 13.9. The molecule has 0 aliphatic carbocycles. The van der Waals surface area contributed by atoms with Gasteiger partial charge in [-0.25, -0.2) is 8.42 Å². The topological polar surface area (TPSA) is 79.6 Å². The molecule has 2 aromatic carbocycles. The van der Waals surface area contributed by atoms with Crippen LogP contribution in [0.2, 0.25) is 0 Å². The summed E-state index contributed by atoms with van der Waals surface area (Å²) in [7, 11) is -3.88. The number of nitrogens with one attached hydrogen (secondary N) is 1. The fourth-order valence-electron chi connectivity index (χ4n) is 2.96. The van der Waals surface area contributed by atoms with Crippen LogP contribution in [0.15, 0.2) is 76.2 Å². The van der Waals surface area contributed by atoms with Crippen molar-refractivity contribution in [1.29, 1.82) is 0 Å². The summed E-state index contributed by atoms with van der Waals surface area (Å²) in [6, 6.07) is 17.4. The summed E-state index contributed by atoms with van der Waals surface area (Å²) in [5.74, 6) is 0.0515. The second kappa shape index (κ2) is 9.07. The largest absolute Gasteiger partial charge is 0.468 e. The zero-order chi connectivity index (χ0) is 20.9. The van der Waals surface area contributed by atoms with Crippen molar-refractivity contribution in [3.05, 3.63) is 83.8 Å². The minimum Gasteiger partial charge on any atom is -0.468 e. The van der Waals surface area contributed by atoms with Gasteiger partial charge in [-0.2, -0.15) is 4.31 Å². The Labute approximate surface area is 171 Å². The number of nitrogens with zero attached hydrogens (tertiary/aromatic N) is 1. The Bertz CT molecular complexity index is 1060. The van der Waals surface area contributed by atoms with E-state index in [1.165, 1.54) is 6.26 Å². The average molecular weight is 413 g/mol. The summed E-state index contributed by atoms with van der Waals surface area (Å²) >= 11 is 0. The van der Waals surface area contributed by atoms with Gasteiger partial charge in [0.05, 0.1) is 24.2 Å². The van der Waals surface area contributed by atoms with Crippen molar-refractivity contribution in [2.75, 3.05) is 11.9 Å². The lowest BCUT2D eigenvalue weighted by Gasteiger charge is -2.21. The number of furan rings is 1. The molecule has 1 N–H and O–H groups in total. The number of aryl methyl sites for hydroxylation is 2. The maximum atomic E-state index is 13.2. The number of hydrogen-bond donors (Lipinski definition) is 1. The molecule has 0 spiro atoms. The Balaban J connectivity index is 1.85. The molecule has 3 aromatic rings. The van der Waals surface area contributed by atoms with Crippen molar-refractivity contribution in [3.8, 4) is 0 Å². The molecule has 0 aliphatic rings. The summed E-state index contributed by atoms with van der Waals surface area (Å²) < 4.78 is 32.8. The van der Waals surface area contributed by atoms with E-state index in [4.69, 9.17) is 4.42 Å². The lowest BCUT2D eigenvalue weighted by molar-refractivity contribution is -0.116. The molecule has 1 amide bonds. The van der Waals surface area contributed by atoms with E-state index in [0.29, 0.717) is 11.4 Å². The van der Waals surface area contributed by atoms with Crippen LogP contribution < -0.4 is 5.32 Å². The maximum Gasteiger partial charge on any atom is 0.243 e. The van der Waals surface area contributed by atoms with E-state index in [2.05, 4.69) is 5.32 Å². The summed E-state index contributed by atoms with van der Waals surface area (Å²) in [5.41, 5.74) is 2.63. The molecule has 3 rings (SSSR count). The average Bonchev–Trinajstić information content (AvgIpc) is 3.21. The highest BCUT2D eigenvalue weighted by Gasteiger charge is 2.28. The van der Waals surface area contributed by atoms with E-state index in [1.807, 2.05) is 38.1 Å². The molecule has 1 heterocycles. The van der Waals surface area contributed by atoms with Gasteiger partial charge in [-0.15, -0.1) is 0 Å². The number of carbonyl (C=O) groups excluding carboxylic acids is 1. The third kappa shape index (κ3) is 5.13. The van der Waals surface area contributed by atoms with E-state index >= 15 is 0 Å². The highest BCUT2D eigenvalue weighted by molar-refractivity contribution is 7.89. The van der Waals surface area contributed by atoms with Gasteiger partial charge in [0, 0.05) is 5.69 Å². The van der Waals surface area contributed by atoms with Gasteiger partial charge >= 0.3 is 0 Å². The lowest BCUT2D eigenvalue weighted by Crippen LogP contribution is -2.37. The molecule has 0 radical (unpaired) electrons. The molecular formula is C22H24N2O4S. The summed E-state index contributed by atoms with van der Waals surface area (Å²) in [6.45, 7) is 3.52. The highest BCUT2D eigenvalue weighted by atomic mass is 32.2. The molecule has 152 valence electrons. The first-order valence-corrected chi connectivity index (χ1v) is 10.8. The van der Waals surface area contributed by atoms with Crippen LogP contribution in [0.5, 0.6) is 0 Å². The first kappa shape index (κ1) is 20.8. The van der Waals surface area contributed by atoms with Crippen molar-refractivity contribution in [2.45, 2.75) is 31.7 Å². The predicted octanol–water partition coefficient (Wildman–Crippen LogP) is 3.98. The van der Waals surface area contributed by atoms with Crippen molar-refractivity contribution in [1.82, 2.24) is 4.31 Å². The zero-order valence-electron chi connectivity index (χ0n) is 16.5. The number of rotatable bonds is 8. The van der Waals surface area contributed by atoms with Crippen molar-refractivity contribution in [3.63, 3.8) is 0 Å². The minimum atomic E-state index is -3.88. The number of hydrogen-bond acceptors (Lipinski definition) is 4. The van der Waals surface area contributed by atoms with Gasteiger partial charge in [-0.3, -0.25) is 4.79 Å². The fourth-order valence-corrected chi connectivity index (χ4v) is 4.32. The molecule has 0 aliphatic heterocycles. The van der Waals surface area contributed by atoms with Crippen LogP contribution in [-0.4, -0.2) is 25.2 Å². The lowest BCUT2D eigenvalue weighted by atomic mass is 10.1. The van der Waals surface area contributed by atoms with Crippen LogP contribution in [0, 0.1) is 6.92 Å². The first-order valence-electron chi connectivity index (χ1n) is 9.37. The Morgan fingerprint density at radius 1 is 1.03 bits per heavy atom. The normalized spacial score (nSPS) is 11.6. The summed E-state index contributed by atoms with van der Waals surface area (Å²) in [4.78, 5) is 12.8. The molecule has 0 bridgehead atoms. The Morgan fingerprint density at radius 2 is 1.76 bits per heavy atom. The summed E-state index contributed by atoms with van der Waals surface area (Å²) in [5, 5.41) is 2.83. The number of para-hydroxylation sites is 1. The molecule has 0 saturated carbocycles. The van der Waals surface area contributed by atoms with Crippen molar-refractivity contribution < 1.29 is 17.6 Å².